The fraction of sp³-hybridized carbons (Fsp3) is 0.375. The number of imidazole rings is 1. The Balaban J connectivity index is 0.00000264. The predicted molar refractivity (Wildman–Crippen MR) is 78.5 cm³/mol. The lowest BCUT2D eigenvalue weighted by molar-refractivity contribution is -0.671. The standard InChI is InChI=1S/C16H21N2O4.HI/c1-12(2)16(19)22-13(3)15(18-7-6-17(4)11-18)21-10-14-5-8-20-9-14;/h5-9,11,13,15H,1,10H2,2-4H3;1H/q+1;/p-1. The maximum absolute atomic E-state index is 11.7. The van der Waals surface area contributed by atoms with Gasteiger partial charge in [-0.1, -0.05) is 6.58 Å². The molecule has 2 unspecified atom stereocenters. The highest BCUT2D eigenvalue weighted by molar-refractivity contribution is 5.87. The minimum Gasteiger partial charge on any atom is -1.00 e. The second-order valence-electron chi connectivity index (χ2n) is 5.25. The number of aryl methyl sites for hydroxylation is 1. The number of carbonyl (C=O) groups excluding carboxylic acids is 1. The van der Waals surface area contributed by atoms with Gasteiger partial charge in [0.15, 0.2) is 6.10 Å². The number of furan rings is 1. The van der Waals surface area contributed by atoms with E-state index in [0.717, 1.165) is 5.56 Å². The molecule has 2 aromatic rings. The topological polar surface area (TPSA) is 57.5 Å². The Labute approximate surface area is 152 Å². The summed E-state index contributed by atoms with van der Waals surface area (Å²) in [5.74, 6) is -0.430. The summed E-state index contributed by atoms with van der Waals surface area (Å²) in [7, 11) is 1.91. The lowest BCUT2D eigenvalue weighted by Crippen LogP contribution is -3.00. The number of rotatable bonds is 7. The highest BCUT2D eigenvalue weighted by Crippen LogP contribution is 2.19. The highest BCUT2D eigenvalue weighted by atomic mass is 127. The van der Waals surface area contributed by atoms with Crippen LogP contribution in [0.4, 0.5) is 0 Å². The Morgan fingerprint density at radius 2 is 2.26 bits per heavy atom. The normalized spacial score (nSPS) is 13.0. The Kier molecular flexibility index (Phi) is 7.50. The highest BCUT2D eigenvalue weighted by Gasteiger charge is 2.28. The SMILES string of the molecule is C=C(C)C(=O)OC(C)C(OCc1ccoc1)n1cc[n+](C)c1.[I-]. The first kappa shape index (κ1) is 19.4. The molecule has 2 heterocycles. The molecule has 7 heteroatoms. The first-order valence-corrected chi connectivity index (χ1v) is 6.99. The first-order valence-electron chi connectivity index (χ1n) is 6.99. The Morgan fingerprint density at radius 3 is 2.78 bits per heavy atom. The second-order valence-corrected chi connectivity index (χ2v) is 5.25. The Hall–Kier alpha value is -1.61. The van der Waals surface area contributed by atoms with Gasteiger partial charge in [-0.2, -0.15) is 0 Å². The fourth-order valence-corrected chi connectivity index (χ4v) is 1.97. The summed E-state index contributed by atoms with van der Waals surface area (Å²) >= 11 is 0. The van der Waals surface area contributed by atoms with Gasteiger partial charge in [-0.25, -0.2) is 13.9 Å². The van der Waals surface area contributed by atoms with Crippen LogP contribution in [-0.4, -0.2) is 16.6 Å². The largest absolute Gasteiger partial charge is 1.00 e. The minimum atomic E-state index is -0.469. The van der Waals surface area contributed by atoms with E-state index in [1.165, 1.54) is 0 Å². The summed E-state index contributed by atoms with van der Waals surface area (Å²) in [5.41, 5.74) is 1.28. The van der Waals surface area contributed by atoms with Crippen LogP contribution in [-0.2, 0) is 27.9 Å². The molecule has 0 fully saturated rings. The van der Waals surface area contributed by atoms with Gasteiger partial charge in [0.2, 0.25) is 12.6 Å². The van der Waals surface area contributed by atoms with Gasteiger partial charge in [0, 0.05) is 11.1 Å². The summed E-state index contributed by atoms with van der Waals surface area (Å²) in [4.78, 5) is 11.7. The van der Waals surface area contributed by atoms with Crippen molar-refractivity contribution < 1.29 is 47.2 Å². The monoisotopic (exact) mass is 432 g/mol. The van der Waals surface area contributed by atoms with E-state index in [9.17, 15) is 4.79 Å². The van der Waals surface area contributed by atoms with Crippen molar-refractivity contribution in [1.82, 2.24) is 4.57 Å². The number of aromatic nitrogens is 2. The van der Waals surface area contributed by atoms with Crippen molar-refractivity contribution in [3.63, 3.8) is 0 Å². The van der Waals surface area contributed by atoms with Gasteiger partial charge in [-0.15, -0.1) is 0 Å². The third kappa shape index (κ3) is 5.51. The van der Waals surface area contributed by atoms with Crippen LogP contribution < -0.4 is 28.5 Å². The van der Waals surface area contributed by atoms with Crippen LogP contribution in [0.25, 0.3) is 0 Å². The zero-order valence-corrected chi connectivity index (χ0v) is 15.6. The number of hydrogen-bond donors (Lipinski definition) is 0. The zero-order valence-electron chi connectivity index (χ0n) is 13.4. The number of ether oxygens (including phenoxy) is 2. The number of hydrogen-bond acceptors (Lipinski definition) is 4. The minimum absolute atomic E-state index is 0. The van der Waals surface area contributed by atoms with Crippen LogP contribution in [0.15, 0.2) is 53.9 Å². The summed E-state index contributed by atoms with van der Waals surface area (Å²) in [6, 6.07) is 1.83. The number of nitrogens with zero attached hydrogens (tertiary/aromatic N) is 2. The van der Waals surface area contributed by atoms with Crippen LogP contribution in [0, 0.1) is 0 Å². The van der Waals surface area contributed by atoms with Crippen molar-refractivity contribution in [3.05, 3.63) is 55.0 Å². The molecule has 0 N–H and O–H groups in total. The molecule has 126 valence electrons. The van der Waals surface area contributed by atoms with Gasteiger partial charge in [0.1, 0.15) is 12.4 Å². The molecule has 0 amide bonds. The molecule has 0 aliphatic heterocycles. The van der Waals surface area contributed by atoms with Gasteiger partial charge < -0.3 is 37.9 Å². The van der Waals surface area contributed by atoms with Crippen molar-refractivity contribution in [1.29, 1.82) is 0 Å². The van der Waals surface area contributed by atoms with Gasteiger partial charge in [-0.05, 0) is 19.9 Å². The van der Waals surface area contributed by atoms with Crippen molar-refractivity contribution in [2.75, 3.05) is 0 Å². The smallest absolute Gasteiger partial charge is 0.333 e. The van der Waals surface area contributed by atoms with Crippen molar-refractivity contribution >= 4 is 5.97 Å². The van der Waals surface area contributed by atoms with E-state index >= 15 is 0 Å². The van der Waals surface area contributed by atoms with Crippen LogP contribution >= 0.6 is 0 Å². The molecule has 0 saturated heterocycles. The average Bonchev–Trinajstić information content (AvgIpc) is 3.11. The van der Waals surface area contributed by atoms with Gasteiger partial charge in [-0.3, -0.25) is 0 Å². The molecule has 0 saturated carbocycles. The van der Waals surface area contributed by atoms with E-state index < -0.39 is 18.3 Å². The molecule has 0 radical (unpaired) electrons. The fourth-order valence-electron chi connectivity index (χ4n) is 1.97. The summed E-state index contributed by atoms with van der Waals surface area (Å²) in [6.07, 6.45) is 7.92. The molecule has 2 aromatic heterocycles. The van der Waals surface area contributed by atoms with E-state index in [2.05, 4.69) is 6.58 Å². The quantitative estimate of drug-likeness (QED) is 0.247. The third-order valence-corrected chi connectivity index (χ3v) is 3.13. The number of carbonyl (C=O) groups is 1. The van der Waals surface area contributed by atoms with Crippen molar-refractivity contribution in [2.24, 2.45) is 7.05 Å². The molecule has 0 aliphatic carbocycles. The summed E-state index contributed by atoms with van der Waals surface area (Å²) in [6.45, 7) is 7.36. The molecule has 2 atom stereocenters. The van der Waals surface area contributed by atoms with Crippen molar-refractivity contribution in [3.8, 4) is 0 Å². The molecular weight excluding hydrogens is 411 g/mol. The lowest BCUT2D eigenvalue weighted by atomic mass is 10.3. The molecule has 0 aromatic carbocycles. The van der Waals surface area contributed by atoms with E-state index in [4.69, 9.17) is 13.9 Å². The maximum atomic E-state index is 11.7. The van der Waals surface area contributed by atoms with E-state index in [1.807, 2.05) is 41.0 Å². The van der Waals surface area contributed by atoms with Crippen LogP contribution in [0.3, 0.4) is 0 Å². The van der Waals surface area contributed by atoms with Gasteiger partial charge in [0.05, 0.1) is 26.2 Å². The molecule has 23 heavy (non-hydrogen) atoms. The summed E-state index contributed by atoms with van der Waals surface area (Å²) in [5, 5.41) is 0. The maximum Gasteiger partial charge on any atom is 0.333 e. The first-order chi connectivity index (χ1) is 10.5. The zero-order chi connectivity index (χ0) is 16.1. The molecule has 0 bridgehead atoms. The Morgan fingerprint density at radius 1 is 1.52 bits per heavy atom. The van der Waals surface area contributed by atoms with Crippen LogP contribution in [0.5, 0.6) is 0 Å². The third-order valence-electron chi connectivity index (χ3n) is 3.13. The molecule has 0 aliphatic rings. The lowest BCUT2D eigenvalue weighted by Gasteiger charge is -2.21. The average molecular weight is 432 g/mol. The van der Waals surface area contributed by atoms with Crippen molar-refractivity contribution in [2.45, 2.75) is 32.8 Å². The number of halogens is 1. The molecular formula is C16H21IN2O4. The molecule has 6 nitrogen and oxygen atoms in total. The van der Waals surface area contributed by atoms with Crippen LogP contribution in [0.2, 0.25) is 0 Å². The van der Waals surface area contributed by atoms with E-state index in [1.54, 1.807) is 26.4 Å². The second kappa shape index (κ2) is 8.88. The number of esters is 1. The predicted octanol–water partition coefficient (Wildman–Crippen LogP) is -0.867. The van der Waals surface area contributed by atoms with E-state index in [-0.39, 0.29) is 24.0 Å². The van der Waals surface area contributed by atoms with Crippen LogP contribution in [0.1, 0.15) is 25.6 Å². The molecule has 2 rings (SSSR count). The summed E-state index contributed by atoms with van der Waals surface area (Å²) < 4.78 is 20.1. The van der Waals surface area contributed by atoms with Gasteiger partial charge >= 0.3 is 5.97 Å². The molecule has 0 spiro atoms. The van der Waals surface area contributed by atoms with E-state index in [0.29, 0.717) is 12.2 Å². The van der Waals surface area contributed by atoms with Gasteiger partial charge in [0.25, 0.3) is 0 Å². The Bertz CT molecular complexity index is 636.